The van der Waals surface area contributed by atoms with Crippen LogP contribution >= 0.6 is 11.8 Å². The predicted molar refractivity (Wildman–Crippen MR) is 85.8 cm³/mol. The van der Waals surface area contributed by atoms with Gasteiger partial charge in [-0.1, -0.05) is 6.07 Å². The first-order valence-corrected chi connectivity index (χ1v) is 8.40. The summed E-state index contributed by atoms with van der Waals surface area (Å²) in [4.78, 5) is 23.5. The standard InChI is InChI=1S/C15H19N3O2S/c19-14-4-2-10-1-3-11(7-13(10)18-14)17-15(20)8-12-9-21-6-5-16-12/h1,3,7,12,16H,2,4-6,8-9H2,(H,17,20)(H,18,19). The van der Waals surface area contributed by atoms with Crippen LogP contribution in [-0.2, 0) is 16.0 Å². The quantitative estimate of drug-likeness (QED) is 0.793. The van der Waals surface area contributed by atoms with Crippen LogP contribution in [0.4, 0.5) is 11.4 Å². The molecule has 0 spiro atoms. The number of carbonyl (C=O) groups is 2. The second-order valence-electron chi connectivity index (χ2n) is 5.40. The van der Waals surface area contributed by atoms with Crippen molar-refractivity contribution in [3.63, 3.8) is 0 Å². The van der Waals surface area contributed by atoms with E-state index in [1.54, 1.807) is 0 Å². The van der Waals surface area contributed by atoms with Crippen LogP contribution in [-0.4, -0.2) is 35.9 Å². The monoisotopic (exact) mass is 305 g/mol. The number of fused-ring (bicyclic) bond motifs is 1. The summed E-state index contributed by atoms with van der Waals surface area (Å²) in [5.74, 6) is 2.14. The maximum Gasteiger partial charge on any atom is 0.225 e. The number of hydrogen-bond donors (Lipinski definition) is 3. The maximum absolute atomic E-state index is 12.1. The third-order valence-corrected chi connectivity index (χ3v) is 4.85. The summed E-state index contributed by atoms with van der Waals surface area (Å²) >= 11 is 1.88. The van der Waals surface area contributed by atoms with Crippen molar-refractivity contribution in [2.75, 3.05) is 28.7 Å². The number of benzene rings is 1. The molecule has 1 unspecified atom stereocenters. The second-order valence-corrected chi connectivity index (χ2v) is 6.55. The molecule has 1 fully saturated rings. The lowest BCUT2D eigenvalue weighted by Crippen LogP contribution is -2.39. The fourth-order valence-electron chi connectivity index (χ4n) is 2.64. The maximum atomic E-state index is 12.1. The first-order chi connectivity index (χ1) is 10.2. The number of nitrogens with one attached hydrogen (secondary N) is 3. The largest absolute Gasteiger partial charge is 0.326 e. The van der Waals surface area contributed by atoms with Crippen LogP contribution in [0.15, 0.2) is 18.2 Å². The van der Waals surface area contributed by atoms with Crippen LogP contribution in [0.3, 0.4) is 0 Å². The molecule has 0 aromatic heterocycles. The van der Waals surface area contributed by atoms with Crippen LogP contribution in [0.25, 0.3) is 0 Å². The van der Waals surface area contributed by atoms with E-state index in [0.717, 1.165) is 41.4 Å². The highest BCUT2D eigenvalue weighted by Gasteiger charge is 2.18. The van der Waals surface area contributed by atoms with Gasteiger partial charge in [0.15, 0.2) is 0 Å². The van der Waals surface area contributed by atoms with Crippen molar-refractivity contribution in [2.45, 2.75) is 25.3 Å². The molecule has 2 aliphatic rings. The highest BCUT2D eigenvalue weighted by Crippen LogP contribution is 2.26. The highest BCUT2D eigenvalue weighted by atomic mass is 32.2. The van der Waals surface area contributed by atoms with Gasteiger partial charge in [0.1, 0.15) is 0 Å². The van der Waals surface area contributed by atoms with Crippen molar-refractivity contribution < 1.29 is 9.59 Å². The van der Waals surface area contributed by atoms with Gasteiger partial charge in [0.2, 0.25) is 11.8 Å². The number of anilines is 2. The molecule has 0 radical (unpaired) electrons. The third kappa shape index (κ3) is 3.77. The Balaban J connectivity index is 1.60. The molecule has 3 N–H and O–H groups in total. The van der Waals surface area contributed by atoms with Crippen LogP contribution in [0.5, 0.6) is 0 Å². The van der Waals surface area contributed by atoms with Crippen LogP contribution < -0.4 is 16.0 Å². The summed E-state index contributed by atoms with van der Waals surface area (Å²) in [7, 11) is 0. The molecule has 6 heteroatoms. The van der Waals surface area contributed by atoms with Crippen LogP contribution in [0.2, 0.25) is 0 Å². The number of carbonyl (C=O) groups excluding carboxylic acids is 2. The Bertz CT molecular complexity index is 556. The first kappa shape index (κ1) is 14.4. The summed E-state index contributed by atoms with van der Waals surface area (Å²) < 4.78 is 0. The molecule has 0 aliphatic carbocycles. The van der Waals surface area contributed by atoms with Crippen molar-refractivity contribution in [3.8, 4) is 0 Å². The Morgan fingerprint density at radius 2 is 2.29 bits per heavy atom. The molecular weight excluding hydrogens is 286 g/mol. The molecule has 0 bridgehead atoms. The number of rotatable bonds is 3. The van der Waals surface area contributed by atoms with Crippen molar-refractivity contribution in [1.29, 1.82) is 0 Å². The lowest BCUT2D eigenvalue weighted by Gasteiger charge is -2.22. The van der Waals surface area contributed by atoms with E-state index in [0.29, 0.717) is 12.8 Å². The minimum absolute atomic E-state index is 0.0112. The molecule has 1 atom stereocenters. The van der Waals surface area contributed by atoms with E-state index in [2.05, 4.69) is 16.0 Å². The summed E-state index contributed by atoms with van der Waals surface area (Å²) in [6, 6.07) is 5.96. The Kier molecular flexibility index (Phi) is 4.45. The normalized spacial score (nSPS) is 21.3. The first-order valence-electron chi connectivity index (χ1n) is 7.24. The molecule has 0 saturated carbocycles. The lowest BCUT2D eigenvalue weighted by atomic mass is 10.0. The molecule has 2 heterocycles. The van der Waals surface area contributed by atoms with E-state index in [-0.39, 0.29) is 17.9 Å². The molecule has 21 heavy (non-hydrogen) atoms. The van der Waals surface area contributed by atoms with E-state index in [4.69, 9.17) is 0 Å². The zero-order chi connectivity index (χ0) is 14.7. The van der Waals surface area contributed by atoms with Gasteiger partial charge >= 0.3 is 0 Å². The van der Waals surface area contributed by atoms with Gasteiger partial charge in [0, 0.05) is 48.3 Å². The highest BCUT2D eigenvalue weighted by molar-refractivity contribution is 7.99. The van der Waals surface area contributed by atoms with E-state index in [9.17, 15) is 9.59 Å². The molecule has 2 amide bonds. The topological polar surface area (TPSA) is 70.2 Å². The Morgan fingerprint density at radius 3 is 3.10 bits per heavy atom. The van der Waals surface area contributed by atoms with Crippen LogP contribution in [0.1, 0.15) is 18.4 Å². The van der Waals surface area contributed by atoms with Crippen molar-refractivity contribution in [2.24, 2.45) is 0 Å². The van der Waals surface area contributed by atoms with Crippen molar-refractivity contribution >= 4 is 35.0 Å². The third-order valence-electron chi connectivity index (χ3n) is 3.72. The lowest BCUT2D eigenvalue weighted by molar-refractivity contribution is -0.117. The Labute approximate surface area is 128 Å². The zero-order valence-electron chi connectivity index (χ0n) is 11.8. The minimum Gasteiger partial charge on any atom is -0.326 e. The average Bonchev–Trinajstić information content (AvgIpc) is 2.47. The number of hydrogen-bond acceptors (Lipinski definition) is 4. The van der Waals surface area contributed by atoms with Gasteiger partial charge in [-0.3, -0.25) is 9.59 Å². The number of amides is 2. The summed E-state index contributed by atoms with van der Waals surface area (Å²) in [5, 5.41) is 9.12. The van der Waals surface area contributed by atoms with Gasteiger partial charge in [-0.25, -0.2) is 0 Å². The van der Waals surface area contributed by atoms with E-state index in [1.807, 2.05) is 30.0 Å². The minimum atomic E-state index is 0.0112. The van der Waals surface area contributed by atoms with E-state index in [1.165, 1.54) is 0 Å². The SMILES string of the molecule is O=C(CC1CSCCN1)Nc1ccc2c(c1)NC(=O)CC2. The fraction of sp³-hybridized carbons (Fsp3) is 0.467. The number of aryl methyl sites for hydroxylation is 1. The Morgan fingerprint density at radius 1 is 1.38 bits per heavy atom. The Hall–Kier alpha value is -1.53. The van der Waals surface area contributed by atoms with Gasteiger partial charge in [0.05, 0.1) is 0 Å². The average molecular weight is 305 g/mol. The number of thioether (sulfide) groups is 1. The van der Waals surface area contributed by atoms with E-state index < -0.39 is 0 Å². The molecule has 1 aromatic carbocycles. The predicted octanol–water partition coefficient (Wildman–Crippen LogP) is 1.60. The van der Waals surface area contributed by atoms with Crippen molar-refractivity contribution in [3.05, 3.63) is 23.8 Å². The molecule has 1 saturated heterocycles. The molecule has 3 rings (SSSR count). The van der Waals surface area contributed by atoms with E-state index >= 15 is 0 Å². The molecule has 1 aromatic rings. The summed E-state index contributed by atoms with van der Waals surface area (Å²) in [5.41, 5.74) is 2.68. The second kappa shape index (κ2) is 6.49. The molecular formula is C15H19N3O2S. The smallest absolute Gasteiger partial charge is 0.225 e. The molecule has 112 valence electrons. The molecule has 2 aliphatic heterocycles. The van der Waals surface area contributed by atoms with Gasteiger partial charge in [-0.2, -0.15) is 11.8 Å². The zero-order valence-corrected chi connectivity index (χ0v) is 12.6. The van der Waals surface area contributed by atoms with Crippen molar-refractivity contribution in [1.82, 2.24) is 5.32 Å². The summed E-state index contributed by atoms with van der Waals surface area (Å²) in [6.07, 6.45) is 1.78. The molecule has 5 nitrogen and oxygen atoms in total. The van der Waals surface area contributed by atoms with Gasteiger partial charge in [-0.15, -0.1) is 0 Å². The van der Waals surface area contributed by atoms with Crippen LogP contribution in [0, 0.1) is 0 Å². The van der Waals surface area contributed by atoms with Gasteiger partial charge < -0.3 is 16.0 Å². The van der Waals surface area contributed by atoms with Gasteiger partial charge in [0.25, 0.3) is 0 Å². The summed E-state index contributed by atoms with van der Waals surface area (Å²) in [6.45, 7) is 0.966. The fourth-order valence-corrected chi connectivity index (χ4v) is 3.59. The van der Waals surface area contributed by atoms with Gasteiger partial charge in [-0.05, 0) is 24.1 Å².